The summed E-state index contributed by atoms with van der Waals surface area (Å²) in [6.07, 6.45) is 0. The van der Waals surface area contributed by atoms with Crippen LogP contribution in [0.3, 0.4) is 0 Å². The summed E-state index contributed by atoms with van der Waals surface area (Å²) in [5.41, 5.74) is 3.70. The molecule has 4 aromatic rings. The molecule has 0 saturated carbocycles. The molecule has 0 saturated heterocycles. The number of aromatic amines is 1. The highest BCUT2D eigenvalue weighted by Gasteiger charge is 2.09. The van der Waals surface area contributed by atoms with E-state index in [4.69, 9.17) is 11.6 Å². The smallest absolute Gasteiger partial charge is 0.273 e. The van der Waals surface area contributed by atoms with Crippen molar-refractivity contribution in [1.29, 1.82) is 0 Å². The molecule has 2 aromatic heterocycles. The van der Waals surface area contributed by atoms with Crippen molar-refractivity contribution in [2.75, 3.05) is 0 Å². The summed E-state index contributed by atoms with van der Waals surface area (Å²) >= 11 is 6.03. The van der Waals surface area contributed by atoms with Crippen molar-refractivity contribution in [2.24, 2.45) is 0 Å². The van der Waals surface area contributed by atoms with Crippen molar-refractivity contribution in [3.05, 3.63) is 82.1 Å². The predicted molar refractivity (Wildman–Crippen MR) is 91.7 cm³/mol. The van der Waals surface area contributed by atoms with E-state index in [0.717, 1.165) is 16.8 Å². The molecular weight excluding hydrogens is 310 g/mol. The fraction of sp³-hybridized carbons (Fsp3) is 0. The van der Waals surface area contributed by atoms with Crippen molar-refractivity contribution < 1.29 is 0 Å². The van der Waals surface area contributed by atoms with E-state index in [0.29, 0.717) is 16.4 Å². The Morgan fingerprint density at radius 3 is 2.48 bits per heavy atom. The summed E-state index contributed by atoms with van der Waals surface area (Å²) in [7, 11) is 0. The van der Waals surface area contributed by atoms with Gasteiger partial charge in [-0.15, -0.1) is 0 Å². The monoisotopic (exact) mass is 321 g/mol. The van der Waals surface area contributed by atoms with E-state index in [9.17, 15) is 4.79 Å². The van der Waals surface area contributed by atoms with Gasteiger partial charge in [-0.1, -0.05) is 54.1 Å². The number of benzene rings is 2. The van der Waals surface area contributed by atoms with Crippen LogP contribution in [0.15, 0.2) is 71.5 Å². The maximum atomic E-state index is 12.4. The fourth-order valence-corrected chi connectivity index (χ4v) is 2.74. The molecule has 0 bridgehead atoms. The Morgan fingerprint density at radius 1 is 0.913 bits per heavy atom. The van der Waals surface area contributed by atoms with E-state index >= 15 is 0 Å². The third-order valence-corrected chi connectivity index (χ3v) is 3.89. The number of hydrogen-bond donors (Lipinski definition) is 1. The van der Waals surface area contributed by atoms with E-state index in [-0.39, 0.29) is 5.56 Å². The van der Waals surface area contributed by atoms with Crippen molar-refractivity contribution in [3.63, 3.8) is 0 Å². The van der Waals surface area contributed by atoms with E-state index < -0.39 is 0 Å². The van der Waals surface area contributed by atoms with Gasteiger partial charge in [0.15, 0.2) is 5.65 Å². The molecule has 2 heterocycles. The minimum absolute atomic E-state index is 0.151. The van der Waals surface area contributed by atoms with Gasteiger partial charge in [0.1, 0.15) is 0 Å². The molecule has 1 N–H and O–H groups in total. The molecular formula is C18H12ClN3O. The molecule has 0 radical (unpaired) electrons. The van der Waals surface area contributed by atoms with Gasteiger partial charge in [0, 0.05) is 28.3 Å². The van der Waals surface area contributed by atoms with Gasteiger partial charge in [-0.3, -0.25) is 9.89 Å². The molecule has 0 fully saturated rings. The topological polar surface area (TPSA) is 50.2 Å². The molecule has 0 spiro atoms. The minimum Gasteiger partial charge on any atom is -0.289 e. The first-order valence-electron chi connectivity index (χ1n) is 7.15. The maximum Gasteiger partial charge on any atom is 0.273 e. The van der Waals surface area contributed by atoms with E-state index in [1.807, 2.05) is 60.7 Å². The third-order valence-electron chi connectivity index (χ3n) is 3.66. The normalized spacial score (nSPS) is 11.0. The summed E-state index contributed by atoms with van der Waals surface area (Å²) in [6, 6.07) is 20.5. The summed E-state index contributed by atoms with van der Waals surface area (Å²) < 4.78 is 1.43. The standard InChI is InChI=1S/C18H12ClN3O/c19-14-8-4-7-13(9-14)16-10-17-20-15(11-18(23)22(17)21-16)12-5-2-1-3-6-12/h1-11,21H. The lowest BCUT2D eigenvalue weighted by Gasteiger charge is -2.00. The number of rotatable bonds is 2. The van der Waals surface area contributed by atoms with E-state index in [1.54, 1.807) is 0 Å². The Labute approximate surface area is 137 Å². The Bertz CT molecular complexity index is 1050. The number of halogens is 1. The zero-order valence-corrected chi connectivity index (χ0v) is 12.8. The highest BCUT2D eigenvalue weighted by atomic mass is 35.5. The number of nitrogens with zero attached hydrogens (tertiary/aromatic N) is 2. The first-order valence-corrected chi connectivity index (χ1v) is 7.53. The van der Waals surface area contributed by atoms with Crippen LogP contribution in [0.2, 0.25) is 5.02 Å². The van der Waals surface area contributed by atoms with Crippen molar-refractivity contribution in [3.8, 4) is 22.5 Å². The van der Waals surface area contributed by atoms with Gasteiger partial charge in [0.2, 0.25) is 0 Å². The lowest BCUT2D eigenvalue weighted by atomic mass is 10.1. The molecule has 5 heteroatoms. The van der Waals surface area contributed by atoms with Gasteiger partial charge in [0.25, 0.3) is 5.56 Å². The van der Waals surface area contributed by atoms with Crippen LogP contribution in [-0.2, 0) is 0 Å². The SMILES string of the molecule is O=c1cc(-c2ccccc2)nc2cc(-c3cccc(Cl)c3)[nH]n12. The first kappa shape index (κ1) is 13.8. The molecule has 0 aliphatic carbocycles. The van der Waals surface area contributed by atoms with Crippen LogP contribution in [0.4, 0.5) is 0 Å². The summed E-state index contributed by atoms with van der Waals surface area (Å²) in [5, 5.41) is 3.71. The Kier molecular flexibility index (Phi) is 3.24. The van der Waals surface area contributed by atoms with Crippen molar-refractivity contribution >= 4 is 17.2 Å². The van der Waals surface area contributed by atoms with Crippen LogP contribution in [-0.4, -0.2) is 14.6 Å². The summed E-state index contributed by atoms with van der Waals surface area (Å²) in [5.74, 6) is 0. The van der Waals surface area contributed by atoms with Gasteiger partial charge in [0.05, 0.1) is 11.4 Å². The molecule has 112 valence electrons. The number of aromatic nitrogens is 3. The Balaban J connectivity index is 1.89. The highest BCUT2D eigenvalue weighted by Crippen LogP contribution is 2.23. The molecule has 4 rings (SSSR count). The summed E-state index contributed by atoms with van der Waals surface area (Å²) in [6.45, 7) is 0. The fourth-order valence-electron chi connectivity index (χ4n) is 2.55. The second-order valence-corrected chi connectivity index (χ2v) is 5.66. The van der Waals surface area contributed by atoms with Crippen LogP contribution in [0.5, 0.6) is 0 Å². The van der Waals surface area contributed by atoms with Crippen LogP contribution in [0.1, 0.15) is 0 Å². The number of nitrogens with one attached hydrogen (secondary N) is 1. The number of hydrogen-bond acceptors (Lipinski definition) is 2. The molecule has 0 unspecified atom stereocenters. The summed E-state index contributed by atoms with van der Waals surface area (Å²) in [4.78, 5) is 16.9. The van der Waals surface area contributed by atoms with Crippen LogP contribution in [0.25, 0.3) is 28.2 Å². The van der Waals surface area contributed by atoms with Crippen molar-refractivity contribution in [2.45, 2.75) is 0 Å². The van der Waals surface area contributed by atoms with E-state index in [1.165, 1.54) is 10.6 Å². The quantitative estimate of drug-likeness (QED) is 0.606. The van der Waals surface area contributed by atoms with E-state index in [2.05, 4.69) is 10.1 Å². The lowest BCUT2D eigenvalue weighted by Crippen LogP contribution is -2.14. The average Bonchev–Trinajstić information content (AvgIpc) is 3.00. The minimum atomic E-state index is -0.151. The van der Waals surface area contributed by atoms with Gasteiger partial charge < -0.3 is 0 Å². The van der Waals surface area contributed by atoms with Gasteiger partial charge >= 0.3 is 0 Å². The number of H-pyrrole nitrogens is 1. The molecule has 0 atom stereocenters. The zero-order valence-electron chi connectivity index (χ0n) is 12.0. The lowest BCUT2D eigenvalue weighted by molar-refractivity contribution is 0.904. The van der Waals surface area contributed by atoms with Crippen LogP contribution in [0, 0.1) is 0 Å². The second-order valence-electron chi connectivity index (χ2n) is 5.22. The molecule has 0 aliphatic rings. The molecule has 23 heavy (non-hydrogen) atoms. The third kappa shape index (κ3) is 2.53. The Hall–Kier alpha value is -2.85. The number of fused-ring (bicyclic) bond motifs is 1. The first-order chi connectivity index (χ1) is 11.2. The molecule has 0 aliphatic heterocycles. The Morgan fingerprint density at radius 2 is 1.70 bits per heavy atom. The molecule has 0 amide bonds. The van der Waals surface area contributed by atoms with Gasteiger partial charge in [-0.2, -0.15) is 0 Å². The zero-order chi connectivity index (χ0) is 15.8. The predicted octanol–water partition coefficient (Wildman–Crippen LogP) is 4.01. The van der Waals surface area contributed by atoms with Crippen LogP contribution < -0.4 is 5.56 Å². The van der Waals surface area contributed by atoms with Gasteiger partial charge in [-0.25, -0.2) is 9.50 Å². The van der Waals surface area contributed by atoms with Crippen LogP contribution >= 0.6 is 11.6 Å². The second kappa shape index (κ2) is 5.41. The average molecular weight is 322 g/mol. The largest absolute Gasteiger partial charge is 0.289 e. The molecule has 4 nitrogen and oxygen atoms in total. The highest BCUT2D eigenvalue weighted by molar-refractivity contribution is 6.30. The van der Waals surface area contributed by atoms with Gasteiger partial charge in [-0.05, 0) is 12.1 Å². The maximum absolute atomic E-state index is 12.4. The van der Waals surface area contributed by atoms with Crippen molar-refractivity contribution in [1.82, 2.24) is 14.6 Å². The molecule has 2 aromatic carbocycles.